The standard InChI is InChI=1S/C13H25N3/c1-3-11(14)13-12-10(8-15(13)2)9-4-6-16(12)7-5-9/h9-13H,3-8,14H2,1-2H3. The largest absolute Gasteiger partial charge is 0.326 e. The van der Waals surface area contributed by atoms with Gasteiger partial charge < -0.3 is 5.73 Å². The Labute approximate surface area is 99.0 Å². The number of likely N-dealkylation sites (N-methyl/N-ethyl adjacent to an activating group) is 1. The lowest BCUT2D eigenvalue weighted by Crippen LogP contribution is -2.60. The van der Waals surface area contributed by atoms with Gasteiger partial charge in [0.25, 0.3) is 0 Å². The number of hydrogen-bond acceptors (Lipinski definition) is 3. The average Bonchev–Trinajstić information content (AvgIpc) is 2.68. The molecule has 0 aliphatic carbocycles. The van der Waals surface area contributed by atoms with Gasteiger partial charge in [0.2, 0.25) is 0 Å². The third-order valence-electron chi connectivity index (χ3n) is 5.31. The quantitative estimate of drug-likeness (QED) is 0.750. The van der Waals surface area contributed by atoms with E-state index in [-0.39, 0.29) is 0 Å². The summed E-state index contributed by atoms with van der Waals surface area (Å²) in [4.78, 5) is 5.27. The molecule has 4 atom stereocenters. The lowest BCUT2D eigenvalue weighted by atomic mass is 9.73. The maximum Gasteiger partial charge on any atom is 0.0403 e. The van der Waals surface area contributed by atoms with Crippen molar-refractivity contribution in [3.63, 3.8) is 0 Å². The van der Waals surface area contributed by atoms with Gasteiger partial charge in [-0.1, -0.05) is 6.92 Å². The molecule has 4 saturated heterocycles. The van der Waals surface area contributed by atoms with Crippen molar-refractivity contribution in [3.8, 4) is 0 Å². The van der Waals surface area contributed by atoms with Crippen molar-refractivity contribution >= 4 is 0 Å². The van der Waals surface area contributed by atoms with Crippen molar-refractivity contribution in [1.82, 2.24) is 9.80 Å². The third-order valence-corrected chi connectivity index (χ3v) is 5.31. The summed E-state index contributed by atoms with van der Waals surface area (Å²) in [6.45, 7) is 6.16. The molecule has 4 heterocycles. The summed E-state index contributed by atoms with van der Waals surface area (Å²) in [5.74, 6) is 1.90. The van der Waals surface area contributed by atoms with Crippen LogP contribution in [0.1, 0.15) is 26.2 Å². The summed E-state index contributed by atoms with van der Waals surface area (Å²) in [6, 6.07) is 1.74. The average molecular weight is 223 g/mol. The van der Waals surface area contributed by atoms with E-state index in [0.717, 1.165) is 24.3 Å². The van der Waals surface area contributed by atoms with E-state index in [1.165, 1.54) is 32.5 Å². The van der Waals surface area contributed by atoms with E-state index in [2.05, 4.69) is 23.8 Å². The van der Waals surface area contributed by atoms with Crippen LogP contribution in [0.2, 0.25) is 0 Å². The predicted octanol–water partition coefficient (Wildman–Crippen LogP) is 0.748. The molecule has 3 heteroatoms. The summed E-state index contributed by atoms with van der Waals surface area (Å²) in [7, 11) is 2.28. The van der Waals surface area contributed by atoms with Gasteiger partial charge in [0, 0.05) is 24.7 Å². The molecular weight excluding hydrogens is 198 g/mol. The monoisotopic (exact) mass is 223 g/mol. The second kappa shape index (κ2) is 3.97. The van der Waals surface area contributed by atoms with Crippen molar-refractivity contribution in [3.05, 3.63) is 0 Å². The van der Waals surface area contributed by atoms with Crippen LogP contribution >= 0.6 is 0 Å². The van der Waals surface area contributed by atoms with Gasteiger partial charge in [0.15, 0.2) is 0 Å². The van der Waals surface area contributed by atoms with E-state index < -0.39 is 0 Å². The van der Waals surface area contributed by atoms with Crippen LogP contribution in [0.25, 0.3) is 0 Å². The second-order valence-corrected chi connectivity index (χ2v) is 6.03. The van der Waals surface area contributed by atoms with Gasteiger partial charge in [-0.3, -0.25) is 9.80 Å². The Morgan fingerprint density at radius 2 is 2.00 bits per heavy atom. The molecule has 4 aliphatic heterocycles. The Hall–Kier alpha value is -0.120. The molecule has 0 amide bonds. The van der Waals surface area contributed by atoms with E-state index in [1.807, 2.05) is 0 Å². The molecule has 16 heavy (non-hydrogen) atoms. The highest BCUT2D eigenvalue weighted by atomic mass is 15.3. The van der Waals surface area contributed by atoms with Crippen molar-refractivity contribution < 1.29 is 0 Å². The molecule has 2 N–H and O–H groups in total. The lowest BCUT2D eigenvalue weighted by molar-refractivity contribution is 0.000111. The number of rotatable bonds is 2. The van der Waals surface area contributed by atoms with Crippen LogP contribution in [0.5, 0.6) is 0 Å². The van der Waals surface area contributed by atoms with Gasteiger partial charge in [0.05, 0.1) is 0 Å². The molecule has 0 aromatic rings. The maximum atomic E-state index is 6.34. The zero-order valence-corrected chi connectivity index (χ0v) is 10.6. The second-order valence-electron chi connectivity index (χ2n) is 6.03. The van der Waals surface area contributed by atoms with Crippen LogP contribution in [0.4, 0.5) is 0 Å². The van der Waals surface area contributed by atoms with Crippen molar-refractivity contribution in [1.29, 1.82) is 0 Å². The minimum Gasteiger partial charge on any atom is -0.326 e. The van der Waals surface area contributed by atoms with Crippen LogP contribution in [0, 0.1) is 11.8 Å². The van der Waals surface area contributed by atoms with E-state index >= 15 is 0 Å². The fourth-order valence-electron chi connectivity index (χ4n) is 4.46. The minimum absolute atomic E-state index is 0.361. The summed E-state index contributed by atoms with van der Waals surface area (Å²) < 4.78 is 0. The van der Waals surface area contributed by atoms with E-state index in [9.17, 15) is 0 Å². The van der Waals surface area contributed by atoms with Gasteiger partial charge >= 0.3 is 0 Å². The molecule has 4 unspecified atom stereocenters. The molecule has 3 nitrogen and oxygen atoms in total. The first-order valence-electron chi connectivity index (χ1n) is 6.92. The first kappa shape index (κ1) is 11.0. The topological polar surface area (TPSA) is 32.5 Å². The highest BCUT2D eigenvalue weighted by Crippen LogP contribution is 2.44. The zero-order valence-electron chi connectivity index (χ0n) is 10.6. The molecular formula is C13H25N3. The molecule has 0 saturated carbocycles. The number of piperidine rings is 3. The summed E-state index contributed by atoms with van der Waals surface area (Å²) in [5, 5.41) is 0. The highest BCUT2D eigenvalue weighted by molar-refractivity contribution is 5.08. The first-order valence-corrected chi connectivity index (χ1v) is 6.92. The Balaban J connectivity index is 1.85. The van der Waals surface area contributed by atoms with Crippen molar-refractivity contribution in [2.75, 3.05) is 26.7 Å². The minimum atomic E-state index is 0.361. The molecule has 92 valence electrons. The molecule has 2 bridgehead atoms. The third kappa shape index (κ3) is 1.45. The Morgan fingerprint density at radius 3 is 2.62 bits per heavy atom. The predicted molar refractivity (Wildman–Crippen MR) is 66.3 cm³/mol. The summed E-state index contributed by atoms with van der Waals surface area (Å²) in [5.41, 5.74) is 6.34. The zero-order chi connectivity index (χ0) is 11.3. The number of likely N-dealkylation sites (tertiary alicyclic amines) is 1. The molecule has 0 aromatic carbocycles. The Bertz CT molecular complexity index is 260. The van der Waals surface area contributed by atoms with Crippen LogP contribution < -0.4 is 5.73 Å². The van der Waals surface area contributed by atoms with Gasteiger partial charge in [-0.05, 0) is 51.2 Å². The summed E-state index contributed by atoms with van der Waals surface area (Å²) in [6.07, 6.45) is 3.98. The molecule has 4 rings (SSSR count). The number of hydrogen-bond donors (Lipinski definition) is 1. The molecule has 0 radical (unpaired) electrons. The van der Waals surface area contributed by atoms with Crippen LogP contribution in [-0.2, 0) is 0 Å². The SMILES string of the molecule is CCC(N)C1C2C(CN1C)C1CCN2CC1. The number of nitrogens with two attached hydrogens (primary N) is 1. The Morgan fingerprint density at radius 1 is 1.31 bits per heavy atom. The lowest BCUT2D eigenvalue weighted by Gasteiger charge is -2.50. The van der Waals surface area contributed by atoms with Crippen molar-refractivity contribution in [2.24, 2.45) is 17.6 Å². The Kier molecular flexibility index (Phi) is 2.73. The highest BCUT2D eigenvalue weighted by Gasteiger charge is 2.52. The van der Waals surface area contributed by atoms with E-state index in [1.54, 1.807) is 0 Å². The van der Waals surface area contributed by atoms with Gasteiger partial charge in [-0.2, -0.15) is 0 Å². The van der Waals surface area contributed by atoms with Gasteiger partial charge in [-0.15, -0.1) is 0 Å². The molecule has 0 spiro atoms. The number of fused-ring (bicyclic) bond motifs is 2. The summed E-state index contributed by atoms with van der Waals surface area (Å²) >= 11 is 0. The van der Waals surface area contributed by atoms with Crippen LogP contribution in [-0.4, -0.2) is 54.6 Å². The molecule has 4 aliphatic rings. The van der Waals surface area contributed by atoms with Crippen molar-refractivity contribution in [2.45, 2.75) is 44.3 Å². The fourth-order valence-corrected chi connectivity index (χ4v) is 4.46. The normalized spacial score (nSPS) is 49.3. The molecule has 0 aromatic heterocycles. The van der Waals surface area contributed by atoms with Gasteiger partial charge in [-0.25, -0.2) is 0 Å². The van der Waals surface area contributed by atoms with Crippen LogP contribution in [0.15, 0.2) is 0 Å². The fraction of sp³-hybridized carbons (Fsp3) is 1.00. The van der Waals surface area contributed by atoms with E-state index in [4.69, 9.17) is 5.73 Å². The molecule has 4 fully saturated rings. The smallest absolute Gasteiger partial charge is 0.0403 e. The van der Waals surface area contributed by atoms with E-state index in [0.29, 0.717) is 12.1 Å². The maximum absolute atomic E-state index is 6.34. The van der Waals surface area contributed by atoms with Crippen LogP contribution in [0.3, 0.4) is 0 Å². The number of nitrogens with zero attached hydrogens (tertiary/aromatic N) is 2. The van der Waals surface area contributed by atoms with Gasteiger partial charge in [0.1, 0.15) is 0 Å². The first-order chi connectivity index (χ1) is 7.72.